The number of rotatable bonds is 5. The van der Waals surface area contributed by atoms with E-state index in [9.17, 15) is 9.18 Å². The molecule has 0 aliphatic heterocycles. The van der Waals surface area contributed by atoms with Gasteiger partial charge in [-0.3, -0.25) is 4.79 Å². The van der Waals surface area contributed by atoms with Crippen LogP contribution in [-0.2, 0) is 0 Å². The molecular formula is C14H18FN5O. The van der Waals surface area contributed by atoms with Gasteiger partial charge < -0.3 is 10.6 Å². The Morgan fingerprint density at radius 3 is 2.67 bits per heavy atom. The van der Waals surface area contributed by atoms with Crippen molar-refractivity contribution in [3.8, 4) is 5.69 Å². The smallest absolute Gasteiger partial charge is 0.256 e. The average Bonchev–Trinajstić information content (AvgIpc) is 3.01. The number of halogens is 1. The van der Waals surface area contributed by atoms with Crippen molar-refractivity contribution in [2.45, 2.75) is 19.9 Å². The van der Waals surface area contributed by atoms with Crippen LogP contribution >= 0.6 is 0 Å². The summed E-state index contributed by atoms with van der Waals surface area (Å²) in [5.41, 5.74) is 5.90. The zero-order valence-corrected chi connectivity index (χ0v) is 12.0. The second-order valence-corrected chi connectivity index (χ2v) is 4.63. The highest BCUT2D eigenvalue weighted by molar-refractivity contribution is 5.98. The average molecular weight is 291 g/mol. The van der Waals surface area contributed by atoms with Gasteiger partial charge >= 0.3 is 0 Å². The second-order valence-electron chi connectivity index (χ2n) is 4.63. The summed E-state index contributed by atoms with van der Waals surface area (Å²) in [6, 6.07) is 4.20. The topological polar surface area (TPSA) is 77.0 Å². The minimum absolute atomic E-state index is 0.0511. The molecule has 1 aromatic carbocycles. The molecule has 0 bridgehead atoms. The molecule has 2 aromatic rings. The molecule has 2 N–H and O–H groups in total. The van der Waals surface area contributed by atoms with E-state index < -0.39 is 5.82 Å². The van der Waals surface area contributed by atoms with Gasteiger partial charge in [-0.25, -0.2) is 4.39 Å². The lowest BCUT2D eigenvalue weighted by Gasteiger charge is -2.27. The van der Waals surface area contributed by atoms with E-state index >= 15 is 0 Å². The molecule has 0 saturated carbocycles. The van der Waals surface area contributed by atoms with Gasteiger partial charge in [-0.1, -0.05) is 6.07 Å². The Morgan fingerprint density at radius 2 is 2.10 bits per heavy atom. The second kappa shape index (κ2) is 6.45. The maximum absolute atomic E-state index is 14.1. The highest BCUT2D eigenvalue weighted by Crippen LogP contribution is 2.19. The lowest BCUT2D eigenvalue weighted by atomic mass is 10.1. The van der Waals surface area contributed by atoms with E-state index in [1.807, 2.05) is 13.8 Å². The van der Waals surface area contributed by atoms with Crippen molar-refractivity contribution >= 4 is 5.91 Å². The quantitative estimate of drug-likeness (QED) is 0.898. The number of hydrogen-bond acceptors (Lipinski definition) is 4. The summed E-state index contributed by atoms with van der Waals surface area (Å²) in [5, 5.41) is 7.82. The summed E-state index contributed by atoms with van der Waals surface area (Å²) in [4.78, 5) is 15.4. The Labute approximate surface area is 122 Å². The van der Waals surface area contributed by atoms with Crippen LogP contribution in [0.4, 0.5) is 4.39 Å². The van der Waals surface area contributed by atoms with Gasteiger partial charge in [-0.2, -0.15) is 10.2 Å². The van der Waals surface area contributed by atoms with Crippen molar-refractivity contribution in [3.05, 3.63) is 42.0 Å². The molecule has 0 aliphatic rings. The third kappa shape index (κ3) is 2.92. The lowest BCUT2D eigenvalue weighted by molar-refractivity contribution is 0.0708. The number of carbonyl (C=O) groups excluding carboxylic acids is 1. The number of nitrogens with two attached hydrogens (primary N) is 1. The summed E-state index contributed by atoms with van der Waals surface area (Å²) < 4.78 is 14.1. The van der Waals surface area contributed by atoms with E-state index in [2.05, 4.69) is 10.2 Å². The fraction of sp³-hybridized carbons (Fsp3) is 0.357. The first-order valence-electron chi connectivity index (χ1n) is 6.76. The largest absolute Gasteiger partial charge is 0.335 e. The number of aromatic nitrogens is 3. The third-order valence-corrected chi connectivity index (χ3v) is 3.31. The SMILES string of the molecule is CCN(C(=O)c1cccc(F)c1-n1nccn1)[C@@H](C)CN. The zero-order valence-electron chi connectivity index (χ0n) is 12.0. The zero-order chi connectivity index (χ0) is 15.4. The molecule has 112 valence electrons. The van der Waals surface area contributed by atoms with Crippen molar-refractivity contribution in [2.75, 3.05) is 13.1 Å². The van der Waals surface area contributed by atoms with Gasteiger partial charge in [0, 0.05) is 19.1 Å². The molecule has 1 heterocycles. The standard InChI is InChI=1S/C14H18FN5O/c1-3-19(10(2)9-16)14(21)11-5-4-6-12(15)13(11)20-17-7-8-18-20/h4-8,10H,3,9,16H2,1-2H3/t10-/m0/s1. The van der Waals surface area contributed by atoms with Crippen LogP contribution in [-0.4, -0.2) is 44.9 Å². The number of amides is 1. The van der Waals surface area contributed by atoms with Crippen LogP contribution in [0.2, 0.25) is 0 Å². The number of para-hydroxylation sites is 1. The Bertz CT molecular complexity index is 614. The van der Waals surface area contributed by atoms with E-state index in [4.69, 9.17) is 5.73 Å². The van der Waals surface area contributed by atoms with Crippen LogP contribution in [0, 0.1) is 5.82 Å². The minimum Gasteiger partial charge on any atom is -0.335 e. The van der Waals surface area contributed by atoms with Crippen LogP contribution in [0.3, 0.4) is 0 Å². The fourth-order valence-corrected chi connectivity index (χ4v) is 2.16. The number of likely N-dealkylation sites (N-methyl/N-ethyl adjacent to an activating group) is 1. The maximum Gasteiger partial charge on any atom is 0.256 e. The Kier molecular flexibility index (Phi) is 4.64. The monoisotopic (exact) mass is 291 g/mol. The summed E-state index contributed by atoms with van der Waals surface area (Å²) in [6.07, 6.45) is 2.86. The summed E-state index contributed by atoms with van der Waals surface area (Å²) in [6.45, 7) is 4.53. The van der Waals surface area contributed by atoms with Crippen molar-refractivity contribution < 1.29 is 9.18 Å². The molecule has 7 heteroatoms. The Morgan fingerprint density at radius 1 is 1.43 bits per heavy atom. The first kappa shape index (κ1) is 15.1. The molecular weight excluding hydrogens is 273 g/mol. The molecule has 0 spiro atoms. The normalized spacial score (nSPS) is 12.2. The predicted molar refractivity (Wildman–Crippen MR) is 76.5 cm³/mol. The number of nitrogens with zero attached hydrogens (tertiary/aromatic N) is 4. The molecule has 1 amide bonds. The summed E-state index contributed by atoms with van der Waals surface area (Å²) in [7, 11) is 0. The minimum atomic E-state index is -0.548. The van der Waals surface area contributed by atoms with Crippen LogP contribution in [0.25, 0.3) is 5.69 Å². The van der Waals surface area contributed by atoms with Crippen LogP contribution in [0.1, 0.15) is 24.2 Å². The fourth-order valence-electron chi connectivity index (χ4n) is 2.16. The summed E-state index contributed by atoms with van der Waals surface area (Å²) in [5.74, 6) is -0.837. The third-order valence-electron chi connectivity index (χ3n) is 3.31. The molecule has 0 aliphatic carbocycles. The molecule has 1 atom stereocenters. The first-order chi connectivity index (χ1) is 10.1. The van der Waals surface area contributed by atoms with Gasteiger partial charge in [-0.05, 0) is 26.0 Å². The Hall–Kier alpha value is -2.28. The predicted octanol–water partition coefficient (Wildman–Crippen LogP) is 1.22. The van der Waals surface area contributed by atoms with Gasteiger partial charge in [0.1, 0.15) is 5.69 Å². The van der Waals surface area contributed by atoms with Gasteiger partial charge in [0.15, 0.2) is 5.82 Å². The van der Waals surface area contributed by atoms with Crippen LogP contribution in [0.5, 0.6) is 0 Å². The number of benzene rings is 1. The van der Waals surface area contributed by atoms with Crippen molar-refractivity contribution in [3.63, 3.8) is 0 Å². The number of carbonyl (C=O) groups is 1. The van der Waals surface area contributed by atoms with Crippen LogP contribution in [0.15, 0.2) is 30.6 Å². The number of hydrogen-bond donors (Lipinski definition) is 1. The van der Waals surface area contributed by atoms with Gasteiger partial charge in [0.05, 0.1) is 18.0 Å². The van der Waals surface area contributed by atoms with E-state index in [-0.39, 0.29) is 23.2 Å². The van der Waals surface area contributed by atoms with E-state index in [0.29, 0.717) is 13.1 Å². The van der Waals surface area contributed by atoms with E-state index in [1.165, 1.54) is 24.5 Å². The van der Waals surface area contributed by atoms with Crippen molar-refractivity contribution in [2.24, 2.45) is 5.73 Å². The highest BCUT2D eigenvalue weighted by atomic mass is 19.1. The van der Waals surface area contributed by atoms with Crippen molar-refractivity contribution in [1.29, 1.82) is 0 Å². The molecule has 21 heavy (non-hydrogen) atoms. The molecule has 0 unspecified atom stereocenters. The summed E-state index contributed by atoms with van der Waals surface area (Å²) >= 11 is 0. The highest BCUT2D eigenvalue weighted by Gasteiger charge is 2.24. The molecule has 0 fully saturated rings. The van der Waals surface area contributed by atoms with Gasteiger partial charge in [-0.15, -0.1) is 4.80 Å². The molecule has 0 saturated heterocycles. The van der Waals surface area contributed by atoms with E-state index in [1.54, 1.807) is 11.0 Å². The Balaban J connectivity index is 2.49. The first-order valence-corrected chi connectivity index (χ1v) is 6.76. The molecule has 0 radical (unpaired) electrons. The van der Waals surface area contributed by atoms with Crippen molar-refractivity contribution in [1.82, 2.24) is 19.9 Å². The molecule has 6 nitrogen and oxygen atoms in total. The molecule has 1 aromatic heterocycles. The maximum atomic E-state index is 14.1. The van der Waals surface area contributed by atoms with Crippen LogP contribution < -0.4 is 5.73 Å². The van der Waals surface area contributed by atoms with Gasteiger partial charge in [0.2, 0.25) is 0 Å². The molecule has 2 rings (SSSR count). The van der Waals surface area contributed by atoms with E-state index in [0.717, 1.165) is 4.80 Å². The lowest BCUT2D eigenvalue weighted by Crippen LogP contribution is -2.43. The van der Waals surface area contributed by atoms with Gasteiger partial charge in [0.25, 0.3) is 5.91 Å².